The average Bonchev–Trinajstić information content (AvgIpc) is 2.09. The monoisotopic (exact) mass is 167 g/mol. The Bertz CT molecular complexity index is 184. The quantitative estimate of drug-likeness (QED) is 0.648. The van der Waals surface area contributed by atoms with E-state index in [9.17, 15) is 0 Å². The molecule has 0 aliphatic carbocycles. The van der Waals surface area contributed by atoms with Gasteiger partial charge in [0.25, 0.3) is 0 Å². The molecule has 0 aromatic rings. The summed E-state index contributed by atoms with van der Waals surface area (Å²) < 4.78 is 5.48. The van der Waals surface area contributed by atoms with Crippen LogP contribution in [0.4, 0.5) is 0 Å². The normalized spacial score (nSPS) is 21.5. The van der Waals surface area contributed by atoms with Gasteiger partial charge in [0.2, 0.25) is 0 Å². The van der Waals surface area contributed by atoms with Gasteiger partial charge in [0.15, 0.2) is 0 Å². The van der Waals surface area contributed by atoms with Crippen LogP contribution in [0.1, 0.15) is 26.7 Å². The van der Waals surface area contributed by atoms with E-state index < -0.39 is 0 Å². The summed E-state index contributed by atoms with van der Waals surface area (Å²) in [5, 5.41) is 3.19. The zero-order valence-electron chi connectivity index (χ0n) is 7.84. The van der Waals surface area contributed by atoms with E-state index in [4.69, 9.17) is 4.74 Å². The van der Waals surface area contributed by atoms with Gasteiger partial charge in [0.1, 0.15) is 5.76 Å². The maximum Gasteiger partial charge on any atom is 0.134 e. The number of hydrogen-bond donors (Lipinski definition) is 1. The van der Waals surface area contributed by atoms with Crippen molar-refractivity contribution < 1.29 is 4.74 Å². The maximum absolute atomic E-state index is 5.48. The number of allylic oxidation sites excluding steroid dienone is 1. The zero-order valence-corrected chi connectivity index (χ0v) is 7.84. The summed E-state index contributed by atoms with van der Waals surface area (Å²) in [6.45, 7) is 5.09. The van der Waals surface area contributed by atoms with Crippen LogP contribution in [0, 0.1) is 0 Å². The molecule has 0 amide bonds. The first-order valence-electron chi connectivity index (χ1n) is 4.60. The number of ether oxygens (including phenoxy) is 1. The second kappa shape index (κ2) is 4.86. The summed E-state index contributed by atoms with van der Waals surface area (Å²) in [5.74, 6) is 0.946. The first-order chi connectivity index (χ1) is 5.83. The largest absolute Gasteiger partial charge is 0.492 e. The van der Waals surface area contributed by atoms with Gasteiger partial charge in [-0.2, -0.15) is 0 Å². The Hall–Kier alpha value is -0.920. The van der Waals surface area contributed by atoms with Gasteiger partial charge in [-0.1, -0.05) is 19.4 Å². The molecular weight excluding hydrogens is 150 g/mol. The molecule has 0 saturated carbocycles. The van der Waals surface area contributed by atoms with Crippen molar-refractivity contribution in [2.75, 3.05) is 6.61 Å². The van der Waals surface area contributed by atoms with E-state index in [1.807, 2.05) is 12.3 Å². The van der Waals surface area contributed by atoms with Crippen LogP contribution in [0.25, 0.3) is 0 Å². The molecular formula is C10H17NO. The van der Waals surface area contributed by atoms with Gasteiger partial charge in [-0.25, -0.2) is 0 Å². The van der Waals surface area contributed by atoms with Crippen molar-refractivity contribution >= 4 is 0 Å². The van der Waals surface area contributed by atoms with Crippen LogP contribution in [0.5, 0.6) is 0 Å². The van der Waals surface area contributed by atoms with Crippen molar-refractivity contribution in [1.29, 1.82) is 0 Å². The molecule has 0 aromatic heterocycles. The molecule has 68 valence electrons. The van der Waals surface area contributed by atoms with E-state index in [0.29, 0.717) is 6.04 Å². The minimum atomic E-state index is 0.434. The third-order valence-corrected chi connectivity index (χ3v) is 1.80. The fourth-order valence-corrected chi connectivity index (χ4v) is 0.981. The first-order valence-corrected chi connectivity index (χ1v) is 4.60. The van der Waals surface area contributed by atoms with Crippen LogP contribution < -0.4 is 5.32 Å². The molecule has 0 saturated heterocycles. The van der Waals surface area contributed by atoms with Crippen LogP contribution in [-0.2, 0) is 4.74 Å². The first kappa shape index (κ1) is 9.17. The second-order valence-electron chi connectivity index (χ2n) is 3.06. The fourth-order valence-electron chi connectivity index (χ4n) is 0.981. The highest BCUT2D eigenvalue weighted by Gasteiger charge is 2.01. The molecule has 1 atom stereocenters. The lowest BCUT2D eigenvalue weighted by atomic mass is 10.2. The van der Waals surface area contributed by atoms with Gasteiger partial charge in [0, 0.05) is 12.2 Å². The number of hydrogen-bond acceptors (Lipinski definition) is 2. The smallest absolute Gasteiger partial charge is 0.134 e. The van der Waals surface area contributed by atoms with E-state index >= 15 is 0 Å². The molecule has 0 radical (unpaired) electrons. The van der Waals surface area contributed by atoms with Gasteiger partial charge >= 0.3 is 0 Å². The maximum atomic E-state index is 5.48. The van der Waals surface area contributed by atoms with Crippen LogP contribution >= 0.6 is 0 Å². The van der Waals surface area contributed by atoms with Crippen molar-refractivity contribution in [2.45, 2.75) is 32.7 Å². The summed E-state index contributed by atoms with van der Waals surface area (Å²) in [7, 11) is 0. The molecule has 12 heavy (non-hydrogen) atoms. The molecule has 0 aromatic carbocycles. The molecule has 1 unspecified atom stereocenters. The Kier molecular flexibility index (Phi) is 3.71. The molecule has 1 aliphatic rings. The highest BCUT2D eigenvalue weighted by atomic mass is 16.5. The number of dihydropyridines is 1. The Morgan fingerprint density at radius 2 is 2.42 bits per heavy atom. The van der Waals surface area contributed by atoms with Crippen molar-refractivity contribution in [1.82, 2.24) is 5.32 Å². The third-order valence-electron chi connectivity index (χ3n) is 1.80. The lowest BCUT2D eigenvalue weighted by Gasteiger charge is -2.14. The van der Waals surface area contributed by atoms with Crippen molar-refractivity contribution in [3.63, 3.8) is 0 Å². The second-order valence-corrected chi connectivity index (χ2v) is 3.06. The van der Waals surface area contributed by atoms with Gasteiger partial charge in [-0.3, -0.25) is 0 Å². The molecule has 1 aliphatic heterocycles. The average molecular weight is 167 g/mol. The third kappa shape index (κ3) is 2.99. The molecule has 0 fully saturated rings. The van der Waals surface area contributed by atoms with E-state index in [1.54, 1.807) is 0 Å². The van der Waals surface area contributed by atoms with E-state index in [1.165, 1.54) is 6.42 Å². The fraction of sp³-hybridized carbons (Fsp3) is 0.600. The SMILES string of the molecule is CCCCOC1=CNC(C)C=C1. The molecule has 0 spiro atoms. The van der Waals surface area contributed by atoms with Crippen LogP contribution in [-0.4, -0.2) is 12.6 Å². The van der Waals surface area contributed by atoms with Crippen molar-refractivity contribution in [2.24, 2.45) is 0 Å². The predicted octanol–water partition coefficient (Wildman–Crippen LogP) is 2.19. The van der Waals surface area contributed by atoms with Gasteiger partial charge in [-0.15, -0.1) is 0 Å². The molecule has 2 nitrogen and oxygen atoms in total. The minimum absolute atomic E-state index is 0.434. The molecule has 2 heteroatoms. The Balaban J connectivity index is 2.21. The van der Waals surface area contributed by atoms with Crippen LogP contribution in [0.2, 0.25) is 0 Å². The predicted molar refractivity (Wildman–Crippen MR) is 50.7 cm³/mol. The lowest BCUT2D eigenvalue weighted by Crippen LogP contribution is -2.21. The standard InChI is InChI=1S/C10H17NO/c1-3-4-7-12-10-6-5-9(2)11-8-10/h5-6,8-9,11H,3-4,7H2,1-2H3. The van der Waals surface area contributed by atoms with Crippen LogP contribution in [0.3, 0.4) is 0 Å². The van der Waals surface area contributed by atoms with E-state index in [-0.39, 0.29) is 0 Å². The lowest BCUT2D eigenvalue weighted by molar-refractivity contribution is 0.216. The van der Waals surface area contributed by atoms with Gasteiger partial charge < -0.3 is 10.1 Å². The molecule has 0 bridgehead atoms. The molecule has 1 rings (SSSR count). The summed E-state index contributed by atoms with van der Waals surface area (Å²) in [6.07, 6.45) is 8.36. The molecule has 1 N–H and O–H groups in total. The molecule has 1 heterocycles. The summed E-state index contributed by atoms with van der Waals surface area (Å²) in [6, 6.07) is 0.434. The van der Waals surface area contributed by atoms with Gasteiger partial charge in [0.05, 0.1) is 6.61 Å². The summed E-state index contributed by atoms with van der Waals surface area (Å²) in [4.78, 5) is 0. The topological polar surface area (TPSA) is 21.3 Å². The number of rotatable bonds is 4. The van der Waals surface area contributed by atoms with Crippen molar-refractivity contribution in [3.8, 4) is 0 Å². The minimum Gasteiger partial charge on any atom is -0.492 e. The summed E-state index contributed by atoms with van der Waals surface area (Å²) >= 11 is 0. The van der Waals surface area contributed by atoms with E-state index in [2.05, 4.69) is 25.2 Å². The Labute approximate surface area is 74.3 Å². The highest BCUT2D eigenvalue weighted by Crippen LogP contribution is 2.05. The van der Waals surface area contributed by atoms with E-state index in [0.717, 1.165) is 18.8 Å². The Morgan fingerprint density at radius 1 is 1.58 bits per heavy atom. The highest BCUT2D eigenvalue weighted by molar-refractivity contribution is 5.18. The summed E-state index contributed by atoms with van der Waals surface area (Å²) in [5.41, 5.74) is 0. The Morgan fingerprint density at radius 3 is 3.00 bits per heavy atom. The van der Waals surface area contributed by atoms with Gasteiger partial charge in [-0.05, 0) is 19.4 Å². The van der Waals surface area contributed by atoms with Crippen molar-refractivity contribution in [3.05, 3.63) is 24.1 Å². The number of nitrogens with one attached hydrogen (secondary N) is 1. The number of unbranched alkanes of at least 4 members (excludes halogenated alkanes) is 1. The van der Waals surface area contributed by atoms with Crippen LogP contribution in [0.15, 0.2) is 24.1 Å². The zero-order chi connectivity index (χ0) is 8.81.